The highest BCUT2D eigenvalue weighted by atomic mass is 35.5. The number of nitrogens with zero attached hydrogens (tertiary/aromatic N) is 5. The first-order valence-corrected chi connectivity index (χ1v) is 10.9. The lowest BCUT2D eigenvalue weighted by molar-refractivity contribution is 0.380. The summed E-state index contributed by atoms with van der Waals surface area (Å²) in [5.74, 6) is -0.672. The summed E-state index contributed by atoms with van der Waals surface area (Å²) in [6.07, 6.45) is 5.94. The lowest BCUT2D eigenvalue weighted by Crippen LogP contribution is -2.13. The number of rotatable bonds is 6. The molecule has 8 nitrogen and oxygen atoms in total. The van der Waals surface area contributed by atoms with Crippen LogP contribution in [-0.2, 0) is 0 Å². The first-order chi connectivity index (χ1) is 17.0. The minimum Gasteiger partial charge on any atom is -0.467 e. The first kappa shape index (κ1) is 22.6. The van der Waals surface area contributed by atoms with Crippen molar-refractivity contribution in [1.29, 1.82) is 0 Å². The second kappa shape index (κ2) is 9.22. The molecule has 0 aliphatic rings. The summed E-state index contributed by atoms with van der Waals surface area (Å²) >= 11 is 6.36. The van der Waals surface area contributed by atoms with E-state index in [0.29, 0.717) is 39.2 Å². The number of fused-ring (bicyclic) bond motifs is 1. The molecule has 11 heteroatoms. The number of hydrogen-bond acceptors (Lipinski definition) is 7. The predicted octanol–water partition coefficient (Wildman–Crippen LogP) is 5.59. The summed E-state index contributed by atoms with van der Waals surface area (Å²) in [4.78, 5) is 23.8. The second-order valence-electron chi connectivity index (χ2n) is 7.67. The molecule has 5 rings (SSSR count). The van der Waals surface area contributed by atoms with Crippen LogP contribution in [0.2, 0.25) is 5.02 Å². The highest BCUT2D eigenvalue weighted by Crippen LogP contribution is 2.42. The van der Waals surface area contributed by atoms with E-state index in [4.69, 9.17) is 16.3 Å². The van der Waals surface area contributed by atoms with Gasteiger partial charge in [0.2, 0.25) is 0 Å². The van der Waals surface area contributed by atoms with Gasteiger partial charge >= 0.3 is 6.01 Å². The Labute approximate surface area is 203 Å². The van der Waals surface area contributed by atoms with Crippen molar-refractivity contribution < 1.29 is 13.5 Å². The van der Waals surface area contributed by atoms with Gasteiger partial charge in [0.05, 0.1) is 24.5 Å². The third-order valence-corrected chi connectivity index (χ3v) is 5.78. The average molecular weight is 494 g/mol. The summed E-state index contributed by atoms with van der Waals surface area (Å²) in [6, 6.07) is 6.94. The van der Waals surface area contributed by atoms with Crippen LogP contribution in [0, 0.1) is 11.6 Å². The van der Waals surface area contributed by atoms with Gasteiger partial charge in [-0.3, -0.25) is 0 Å². The van der Waals surface area contributed by atoms with E-state index in [9.17, 15) is 4.39 Å². The zero-order valence-corrected chi connectivity index (χ0v) is 19.3. The van der Waals surface area contributed by atoms with E-state index >= 15 is 4.39 Å². The number of aromatic nitrogens is 6. The summed E-state index contributed by atoms with van der Waals surface area (Å²) in [5, 5.41) is 3.11. The van der Waals surface area contributed by atoms with Crippen molar-refractivity contribution in [2.45, 2.75) is 13.0 Å². The van der Waals surface area contributed by atoms with Crippen LogP contribution in [0.15, 0.2) is 55.4 Å². The van der Waals surface area contributed by atoms with E-state index in [1.807, 2.05) is 0 Å². The lowest BCUT2D eigenvalue weighted by Gasteiger charge is -2.23. The van der Waals surface area contributed by atoms with Crippen LogP contribution in [-0.4, -0.2) is 37.0 Å². The van der Waals surface area contributed by atoms with Gasteiger partial charge in [-0.1, -0.05) is 23.7 Å². The third kappa shape index (κ3) is 4.24. The Kier molecular flexibility index (Phi) is 5.96. The maximum absolute atomic E-state index is 15.7. The number of benzene rings is 2. The molecule has 3 aromatic heterocycles. The highest BCUT2D eigenvalue weighted by Gasteiger charge is 2.25. The van der Waals surface area contributed by atoms with E-state index in [0.717, 1.165) is 0 Å². The number of hydrogen-bond donors (Lipinski definition) is 2. The molecule has 0 spiro atoms. The summed E-state index contributed by atoms with van der Waals surface area (Å²) in [5.41, 5.74) is 3.24. The van der Waals surface area contributed by atoms with Crippen LogP contribution < -0.4 is 10.1 Å². The van der Waals surface area contributed by atoms with Crippen molar-refractivity contribution in [3.63, 3.8) is 0 Å². The van der Waals surface area contributed by atoms with E-state index < -0.39 is 17.7 Å². The fourth-order valence-corrected chi connectivity index (χ4v) is 4.16. The molecule has 0 aliphatic heterocycles. The van der Waals surface area contributed by atoms with E-state index in [-0.39, 0.29) is 16.6 Å². The minimum absolute atomic E-state index is 0.103. The van der Waals surface area contributed by atoms with Gasteiger partial charge < -0.3 is 15.0 Å². The largest absolute Gasteiger partial charge is 0.467 e. The monoisotopic (exact) mass is 493 g/mol. The summed E-state index contributed by atoms with van der Waals surface area (Å²) < 4.78 is 35.0. The number of halogens is 3. The molecule has 0 saturated heterocycles. The Morgan fingerprint density at radius 2 is 1.83 bits per heavy atom. The van der Waals surface area contributed by atoms with Crippen molar-refractivity contribution in [3.05, 3.63) is 77.6 Å². The Bertz CT molecular complexity index is 1520. The van der Waals surface area contributed by atoms with Crippen molar-refractivity contribution in [2.75, 3.05) is 12.4 Å². The van der Waals surface area contributed by atoms with Gasteiger partial charge in [-0.2, -0.15) is 0 Å². The van der Waals surface area contributed by atoms with Gasteiger partial charge in [0.15, 0.2) is 11.5 Å². The van der Waals surface area contributed by atoms with Crippen LogP contribution in [0.25, 0.3) is 33.4 Å². The number of nitrogens with one attached hydrogen (secondary N) is 2. The number of anilines is 1. The van der Waals surface area contributed by atoms with Gasteiger partial charge in [-0.25, -0.2) is 33.7 Å². The molecule has 0 bridgehead atoms. The van der Waals surface area contributed by atoms with E-state index in [1.54, 1.807) is 31.5 Å². The summed E-state index contributed by atoms with van der Waals surface area (Å²) in [6.45, 7) is 1.76. The fraction of sp³-hybridized carbons (Fsp3) is 0.125. The molecule has 35 heavy (non-hydrogen) atoms. The smallest absolute Gasteiger partial charge is 0.316 e. The average Bonchev–Trinajstić information content (AvgIpc) is 3.35. The predicted molar refractivity (Wildman–Crippen MR) is 128 cm³/mol. The quantitative estimate of drug-likeness (QED) is 0.318. The molecule has 0 aliphatic carbocycles. The van der Waals surface area contributed by atoms with Gasteiger partial charge in [0, 0.05) is 23.5 Å². The maximum atomic E-state index is 15.7. The molecular formula is C24H18ClF2N7O. The van der Waals surface area contributed by atoms with Crippen LogP contribution in [0.5, 0.6) is 6.01 Å². The Morgan fingerprint density at radius 3 is 2.57 bits per heavy atom. The standard InChI is InChI=1S/C24H18ClF2N7O/c1-12(34-23-21-22(31-10-30-21)32-11-33-23)18-19(13-4-3-5-15(26)6-13)16(7-17(25)20(18)27)14-8-28-24(35-2)29-9-14/h3-12H,1-2H3,(H2,30,31,32,33,34). The second-order valence-corrected chi connectivity index (χ2v) is 8.07. The van der Waals surface area contributed by atoms with E-state index in [1.165, 1.54) is 38.0 Å². The Morgan fingerprint density at radius 1 is 1.03 bits per heavy atom. The first-order valence-electron chi connectivity index (χ1n) is 10.5. The highest BCUT2D eigenvalue weighted by molar-refractivity contribution is 6.31. The van der Waals surface area contributed by atoms with Gasteiger partial charge in [-0.15, -0.1) is 0 Å². The number of ether oxygens (including phenoxy) is 1. The van der Waals surface area contributed by atoms with Crippen LogP contribution in [0.3, 0.4) is 0 Å². The number of methoxy groups -OCH3 is 1. The topological polar surface area (TPSA) is 101 Å². The normalized spacial score (nSPS) is 12.0. The molecule has 1 atom stereocenters. The number of aromatic amines is 1. The fourth-order valence-electron chi connectivity index (χ4n) is 3.95. The van der Waals surface area contributed by atoms with Gasteiger partial charge in [0.25, 0.3) is 0 Å². The van der Waals surface area contributed by atoms with Gasteiger partial charge in [0.1, 0.15) is 23.5 Å². The molecule has 2 aromatic carbocycles. The minimum atomic E-state index is -0.647. The SMILES string of the molecule is COc1ncc(-c2cc(Cl)c(F)c(C(C)Nc3ncnc4nc[nH]c34)c2-c2cccc(F)c2)cn1. The molecule has 3 heterocycles. The maximum Gasteiger partial charge on any atom is 0.316 e. The van der Waals surface area contributed by atoms with Crippen molar-refractivity contribution in [3.8, 4) is 28.3 Å². The molecule has 0 radical (unpaired) electrons. The molecular weight excluding hydrogens is 476 g/mol. The Balaban J connectivity index is 1.72. The third-order valence-electron chi connectivity index (χ3n) is 5.50. The zero-order valence-electron chi connectivity index (χ0n) is 18.6. The molecule has 0 saturated carbocycles. The number of H-pyrrole nitrogens is 1. The zero-order chi connectivity index (χ0) is 24.5. The molecule has 0 amide bonds. The molecule has 5 aromatic rings. The van der Waals surface area contributed by atoms with E-state index in [2.05, 4.69) is 35.2 Å². The van der Waals surface area contributed by atoms with Crippen LogP contribution >= 0.6 is 11.6 Å². The summed E-state index contributed by atoms with van der Waals surface area (Å²) in [7, 11) is 1.46. The molecule has 0 fully saturated rings. The lowest BCUT2D eigenvalue weighted by atomic mass is 9.88. The molecule has 2 N–H and O–H groups in total. The number of imidazole rings is 1. The molecule has 176 valence electrons. The molecule has 1 unspecified atom stereocenters. The van der Waals surface area contributed by atoms with Crippen molar-refractivity contribution in [1.82, 2.24) is 29.9 Å². The van der Waals surface area contributed by atoms with Crippen molar-refractivity contribution >= 4 is 28.6 Å². The van der Waals surface area contributed by atoms with Crippen LogP contribution in [0.1, 0.15) is 18.5 Å². The van der Waals surface area contributed by atoms with Gasteiger partial charge in [-0.05, 0) is 41.8 Å². The van der Waals surface area contributed by atoms with Crippen molar-refractivity contribution in [2.24, 2.45) is 0 Å². The Hall–Kier alpha value is -4.18. The van der Waals surface area contributed by atoms with Crippen LogP contribution in [0.4, 0.5) is 14.6 Å².